The second-order valence-electron chi connectivity index (χ2n) is 2.28. The van der Waals surface area contributed by atoms with Gasteiger partial charge in [-0.15, -0.1) is 0 Å². The van der Waals surface area contributed by atoms with Crippen molar-refractivity contribution in [2.75, 3.05) is 7.11 Å². The Morgan fingerprint density at radius 3 is 3.08 bits per heavy atom. The summed E-state index contributed by atoms with van der Waals surface area (Å²) in [5.41, 5.74) is 0.893. The maximum absolute atomic E-state index is 5.76. The van der Waals surface area contributed by atoms with Crippen LogP contribution in [0, 0.1) is 0 Å². The van der Waals surface area contributed by atoms with Crippen molar-refractivity contribution >= 4 is 33.2 Å². The fraction of sp³-hybridized carbons (Fsp3) is 0.125. The summed E-state index contributed by atoms with van der Waals surface area (Å²) in [5.74, 6) is 0.830. The molecule has 0 aliphatic carbocycles. The number of benzene rings is 1. The van der Waals surface area contributed by atoms with E-state index in [1.54, 1.807) is 7.11 Å². The zero-order valence-electron chi connectivity index (χ0n) is 6.37. The van der Waals surface area contributed by atoms with E-state index in [1.165, 1.54) is 11.3 Å². The highest BCUT2D eigenvalue weighted by atomic mass is 35.5. The van der Waals surface area contributed by atoms with Gasteiger partial charge in [0.1, 0.15) is 5.75 Å². The molecule has 0 atom stereocenters. The second kappa shape index (κ2) is 2.92. The standard InChI is InChI=1S/C8H6ClNOS/c1-11-6-4-2-3-5-7(6)12-8(9)10-5/h2-4H,1H3. The van der Waals surface area contributed by atoms with Crippen LogP contribution in [-0.2, 0) is 0 Å². The Kier molecular flexibility index (Phi) is 1.90. The normalized spacial score (nSPS) is 10.5. The Bertz CT molecular complexity index is 412. The van der Waals surface area contributed by atoms with E-state index in [9.17, 15) is 0 Å². The lowest BCUT2D eigenvalue weighted by Crippen LogP contribution is -1.80. The molecular formula is C8H6ClNOS. The van der Waals surface area contributed by atoms with E-state index >= 15 is 0 Å². The van der Waals surface area contributed by atoms with Crippen molar-refractivity contribution in [3.63, 3.8) is 0 Å². The van der Waals surface area contributed by atoms with Crippen LogP contribution in [-0.4, -0.2) is 12.1 Å². The van der Waals surface area contributed by atoms with Gasteiger partial charge in [0.05, 0.1) is 17.3 Å². The molecule has 0 spiro atoms. The lowest BCUT2D eigenvalue weighted by molar-refractivity contribution is 0.420. The zero-order valence-corrected chi connectivity index (χ0v) is 7.95. The Labute approximate surface area is 78.8 Å². The first kappa shape index (κ1) is 7.83. The van der Waals surface area contributed by atoms with E-state index in [-0.39, 0.29) is 0 Å². The molecule has 0 saturated heterocycles. The predicted octanol–water partition coefficient (Wildman–Crippen LogP) is 2.96. The second-order valence-corrected chi connectivity index (χ2v) is 3.86. The third-order valence-corrected chi connectivity index (χ3v) is 2.76. The molecule has 0 saturated carbocycles. The van der Waals surface area contributed by atoms with Crippen LogP contribution in [0.2, 0.25) is 4.47 Å². The molecule has 0 aliphatic rings. The Morgan fingerprint density at radius 1 is 1.50 bits per heavy atom. The molecular weight excluding hydrogens is 194 g/mol. The van der Waals surface area contributed by atoms with Crippen LogP contribution in [0.3, 0.4) is 0 Å². The predicted molar refractivity (Wildman–Crippen MR) is 51.2 cm³/mol. The fourth-order valence-electron chi connectivity index (χ4n) is 1.06. The maximum Gasteiger partial charge on any atom is 0.184 e. The van der Waals surface area contributed by atoms with Gasteiger partial charge in [-0.1, -0.05) is 29.0 Å². The summed E-state index contributed by atoms with van der Waals surface area (Å²) in [6, 6.07) is 5.72. The number of thiazole rings is 1. The molecule has 0 radical (unpaired) electrons. The molecule has 0 N–H and O–H groups in total. The average molecular weight is 200 g/mol. The summed E-state index contributed by atoms with van der Waals surface area (Å²) in [4.78, 5) is 4.13. The summed E-state index contributed by atoms with van der Waals surface area (Å²) in [5, 5.41) is 0. The van der Waals surface area contributed by atoms with E-state index < -0.39 is 0 Å². The number of aromatic nitrogens is 1. The highest BCUT2D eigenvalue weighted by Crippen LogP contribution is 2.32. The molecule has 62 valence electrons. The number of nitrogens with zero attached hydrogens (tertiary/aromatic N) is 1. The van der Waals surface area contributed by atoms with Crippen molar-refractivity contribution in [3.05, 3.63) is 22.7 Å². The van der Waals surface area contributed by atoms with Crippen LogP contribution in [0.4, 0.5) is 0 Å². The van der Waals surface area contributed by atoms with E-state index in [1.807, 2.05) is 18.2 Å². The van der Waals surface area contributed by atoms with Gasteiger partial charge in [-0.25, -0.2) is 4.98 Å². The molecule has 0 bridgehead atoms. The topological polar surface area (TPSA) is 22.1 Å². The fourth-order valence-corrected chi connectivity index (χ4v) is 2.16. The van der Waals surface area contributed by atoms with E-state index in [2.05, 4.69) is 4.98 Å². The minimum absolute atomic E-state index is 0.550. The largest absolute Gasteiger partial charge is 0.495 e. The number of methoxy groups -OCH3 is 1. The van der Waals surface area contributed by atoms with E-state index in [0.29, 0.717) is 4.47 Å². The lowest BCUT2D eigenvalue weighted by atomic mass is 10.3. The first-order valence-electron chi connectivity index (χ1n) is 3.40. The van der Waals surface area contributed by atoms with Crippen LogP contribution in [0.25, 0.3) is 10.2 Å². The van der Waals surface area contributed by atoms with Gasteiger partial charge < -0.3 is 4.74 Å². The highest BCUT2D eigenvalue weighted by Gasteiger charge is 2.05. The van der Waals surface area contributed by atoms with Crippen molar-refractivity contribution in [2.45, 2.75) is 0 Å². The van der Waals surface area contributed by atoms with Gasteiger partial charge >= 0.3 is 0 Å². The molecule has 12 heavy (non-hydrogen) atoms. The van der Waals surface area contributed by atoms with Crippen molar-refractivity contribution in [1.82, 2.24) is 4.98 Å². The number of hydrogen-bond acceptors (Lipinski definition) is 3. The Morgan fingerprint density at radius 2 is 2.33 bits per heavy atom. The van der Waals surface area contributed by atoms with Gasteiger partial charge in [-0.05, 0) is 12.1 Å². The van der Waals surface area contributed by atoms with Gasteiger partial charge in [0, 0.05) is 0 Å². The van der Waals surface area contributed by atoms with Gasteiger partial charge in [0.2, 0.25) is 0 Å². The Balaban J connectivity index is 2.78. The van der Waals surface area contributed by atoms with Crippen LogP contribution in [0.5, 0.6) is 5.75 Å². The van der Waals surface area contributed by atoms with Crippen molar-refractivity contribution < 1.29 is 4.74 Å². The molecule has 0 fully saturated rings. The van der Waals surface area contributed by atoms with E-state index in [4.69, 9.17) is 16.3 Å². The molecule has 1 heterocycles. The minimum Gasteiger partial charge on any atom is -0.495 e. The average Bonchev–Trinajstić information content (AvgIpc) is 2.44. The van der Waals surface area contributed by atoms with Crippen LogP contribution < -0.4 is 4.74 Å². The first-order valence-corrected chi connectivity index (χ1v) is 4.60. The lowest BCUT2D eigenvalue weighted by Gasteiger charge is -1.97. The molecule has 4 heteroatoms. The third-order valence-electron chi connectivity index (χ3n) is 1.57. The molecule has 1 aromatic carbocycles. The minimum atomic E-state index is 0.550. The maximum atomic E-state index is 5.76. The molecule has 2 nitrogen and oxygen atoms in total. The molecule has 0 amide bonds. The van der Waals surface area contributed by atoms with Crippen molar-refractivity contribution in [1.29, 1.82) is 0 Å². The molecule has 2 aromatic rings. The summed E-state index contributed by atoms with van der Waals surface area (Å²) in [6.07, 6.45) is 0. The molecule has 2 rings (SSSR count). The number of rotatable bonds is 1. The van der Waals surface area contributed by atoms with Gasteiger partial charge in [0.15, 0.2) is 4.47 Å². The van der Waals surface area contributed by atoms with Gasteiger partial charge in [-0.2, -0.15) is 0 Å². The number of halogens is 1. The molecule has 1 aromatic heterocycles. The first-order chi connectivity index (χ1) is 5.81. The quantitative estimate of drug-likeness (QED) is 0.705. The third kappa shape index (κ3) is 1.15. The van der Waals surface area contributed by atoms with Crippen molar-refractivity contribution in [3.8, 4) is 5.75 Å². The SMILES string of the molecule is COc1cccc2nc(Cl)sc12. The summed E-state index contributed by atoms with van der Waals surface area (Å²) < 4.78 is 6.71. The van der Waals surface area contributed by atoms with Gasteiger partial charge in [-0.3, -0.25) is 0 Å². The van der Waals surface area contributed by atoms with Crippen LogP contribution in [0.1, 0.15) is 0 Å². The molecule has 0 aliphatic heterocycles. The van der Waals surface area contributed by atoms with Crippen molar-refractivity contribution in [2.24, 2.45) is 0 Å². The monoisotopic (exact) mass is 199 g/mol. The van der Waals surface area contributed by atoms with Crippen LogP contribution in [0.15, 0.2) is 18.2 Å². The summed E-state index contributed by atoms with van der Waals surface area (Å²) in [6.45, 7) is 0. The summed E-state index contributed by atoms with van der Waals surface area (Å²) >= 11 is 7.20. The number of hydrogen-bond donors (Lipinski definition) is 0. The molecule has 0 unspecified atom stereocenters. The van der Waals surface area contributed by atoms with Gasteiger partial charge in [0.25, 0.3) is 0 Å². The smallest absolute Gasteiger partial charge is 0.184 e. The number of fused-ring (bicyclic) bond motifs is 1. The Hall–Kier alpha value is -0.800. The van der Waals surface area contributed by atoms with Crippen LogP contribution >= 0.6 is 22.9 Å². The summed E-state index contributed by atoms with van der Waals surface area (Å²) in [7, 11) is 1.64. The number of ether oxygens (including phenoxy) is 1. The van der Waals surface area contributed by atoms with E-state index in [0.717, 1.165) is 16.0 Å². The highest BCUT2D eigenvalue weighted by molar-refractivity contribution is 7.22. The zero-order chi connectivity index (χ0) is 8.55.